The van der Waals surface area contributed by atoms with Crippen LogP contribution in [0.1, 0.15) is 12.5 Å². The molecule has 1 aliphatic heterocycles. The van der Waals surface area contributed by atoms with Crippen molar-refractivity contribution >= 4 is 21.6 Å². The van der Waals surface area contributed by atoms with E-state index < -0.39 is 10.0 Å². The lowest BCUT2D eigenvalue weighted by atomic mass is 10.2. The highest BCUT2D eigenvalue weighted by Crippen LogP contribution is 2.16. The summed E-state index contributed by atoms with van der Waals surface area (Å²) in [5.74, 6) is -0.0699. The summed E-state index contributed by atoms with van der Waals surface area (Å²) in [6.07, 6.45) is 0. The fourth-order valence-electron chi connectivity index (χ4n) is 3.18. The predicted octanol–water partition coefficient (Wildman–Crippen LogP) is 2.16. The molecule has 0 aliphatic carbocycles. The van der Waals surface area contributed by atoms with Gasteiger partial charge >= 0.3 is 0 Å². The molecule has 0 radical (unpaired) electrons. The van der Waals surface area contributed by atoms with Gasteiger partial charge in [0.05, 0.1) is 11.8 Å². The molecule has 1 N–H and O–H groups in total. The van der Waals surface area contributed by atoms with E-state index in [1.165, 1.54) is 4.31 Å². The van der Waals surface area contributed by atoms with E-state index in [4.69, 9.17) is 0 Å². The van der Waals surface area contributed by atoms with Crippen LogP contribution in [0.15, 0.2) is 60.7 Å². The Kier molecular flexibility index (Phi) is 6.26. The van der Waals surface area contributed by atoms with Crippen LogP contribution in [0.2, 0.25) is 0 Å². The zero-order valence-electron chi connectivity index (χ0n) is 15.4. The van der Waals surface area contributed by atoms with Crippen molar-refractivity contribution in [2.75, 3.05) is 31.5 Å². The number of sulfonamides is 1. The maximum atomic E-state index is 12.6. The van der Waals surface area contributed by atoms with Crippen molar-refractivity contribution in [1.29, 1.82) is 0 Å². The predicted molar refractivity (Wildman–Crippen MR) is 107 cm³/mol. The molecular formula is C20H25N3O3S. The third-order valence-corrected chi connectivity index (χ3v) is 6.68. The summed E-state index contributed by atoms with van der Waals surface area (Å²) in [4.78, 5) is 14.5. The SMILES string of the molecule is C[C@@H](C(=O)Nc1ccccc1)N1CCN(S(=O)(=O)Cc2ccccc2)CC1. The van der Waals surface area contributed by atoms with Crippen LogP contribution in [0.3, 0.4) is 0 Å². The topological polar surface area (TPSA) is 69.7 Å². The highest BCUT2D eigenvalue weighted by molar-refractivity contribution is 7.88. The van der Waals surface area contributed by atoms with Gasteiger partial charge in [0.25, 0.3) is 0 Å². The monoisotopic (exact) mass is 387 g/mol. The molecule has 0 saturated carbocycles. The molecule has 7 heteroatoms. The van der Waals surface area contributed by atoms with Crippen LogP contribution in [-0.2, 0) is 20.6 Å². The number of hydrogen-bond donors (Lipinski definition) is 1. The van der Waals surface area contributed by atoms with Crippen molar-refractivity contribution < 1.29 is 13.2 Å². The summed E-state index contributed by atoms with van der Waals surface area (Å²) < 4.78 is 26.8. The van der Waals surface area contributed by atoms with Crippen molar-refractivity contribution in [3.8, 4) is 0 Å². The standard InChI is InChI=1S/C20H25N3O3S/c1-17(20(24)21-19-10-6-3-7-11-19)22-12-14-23(15-13-22)27(25,26)16-18-8-4-2-5-9-18/h2-11,17H,12-16H2,1H3,(H,21,24)/t17-/m0/s1. The van der Waals surface area contributed by atoms with Crippen molar-refractivity contribution in [2.24, 2.45) is 0 Å². The summed E-state index contributed by atoms with van der Waals surface area (Å²) >= 11 is 0. The molecule has 2 aromatic carbocycles. The molecule has 1 heterocycles. The summed E-state index contributed by atoms with van der Waals surface area (Å²) in [6.45, 7) is 3.73. The van der Waals surface area contributed by atoms with E-state index in [0.717, 1.165) is 11.3 Å². The number of amides is 1. The second-order valence-corrected chi connectivity index (χ2v) is 8.68. The molecule has 1 amide bonds. The van der Waals surface area contributed by atoms with Crippen LogP contribution < -0.4 is 5.32 Å². The van der Waals surface area contributed by atoms with E-state index in [2.05, 4.69) is 5.32 Å². The Labute approximate surface area is 160 Å². The lowest BCUT2D eigenvalue weighted by Gasteiger charge is -2.36. The number of piperazine rings is 1. The van der Waals surface area contributed by atoms with Crippen molar-refractivity contribution in [3.63, 3.8) is 0 Å². The third-order valence-electron chi connectivity index (χ3n) is 4.83. The number of benzene rings is 2. The second-order valence-electron chi connectivity index (χ2n) is 6.71. The first kappa shape index (κ1) is 19.5. The summed E-state index contributed by atoms with van der Waals surface area (Å²) in [7, 11) is -3.35. The summed E-state index contributed by atoms with van der Waals surface area (Å²) in [6, 6.07) is 18.2. The molecule has 1 aliphatic rings. The molecule has 0 unspecified atom stereocenters. The van der Waals surface area contributed by atoms with E-state index in [-0.39, 0.29) is 17.7 Å². The number of nitrogens with zero attached hydrogens (tertiary/aromatic N) is 2. The van der Waals surface area contributed by atoms with Gasteiger partial charge < -0.3 is 5.32 Å². The van der Waals surface area contributed by atoms with Gasteiger partial charge in [-0.15, -0.1) is 0 Å². The normalized spacial score (nSPS) is 17.4. The average molecular weight is 388 g/mol. The number of nitrogens with one attached hydrogen (secondary N) is 1. The Morgan fingerprint density at radius 3 is 2.11 bits per heavy atom. The molecule has 1 fully saturated rings. The zero-order chi connectivity index (χ0) is 19.3. The number of anilines is 1. The average Bonchev–Trinajstić information content (AvgIpc) is 2.69. The smallest absolute Gasteiger partial charge is 0.241 e. The molecule has 0 spiro atoms. The van der Waals surface area contributed by atoms with Crippen LogP contribution in [0.5, 0.6) is 0 Å². The van der Waals surface area contributed by atoms with Gasteiger partial charge in [-0.2, -0.15) is 4.31 Å². The van der Waals surface area contributed by atoms with Gasteiger partial charge in [-0.3, -0.25) is 9.69 Å². The van der Waals surface area contributed by atoms with Gasteiger partial charge in [0.1, 0.15) is 0 Å². The van der Waals surface area contributed by atoms with Crippen molar-refractivity contribution in [2.45, 2.75) is 18.7 Å². The number of carbonyl (C=O) groups excluding carboxylic acids is 1. The number of para-hydroxylation sites is 1. The van der Waals surface area contributed by atoms with Crippen LogP contribution in [0, 0.1) is 0 Å². The Morgan fingerprint density at radius 2 is 1.52 bits per heavy atom. The Balaban J connectivity index is 1.54. The minimum atomic E-state index is -3.35. The molecule has 0 aromatic heterocycles. The van der Waals surface area contributed by atoms with Gasteiger partial charge in [-0.05, 0) is 24.6 Å². The van der Waals surface area contributed by atoms with Crippen LogP contribution >= 0.6 is 0 Å². The molecule has 144 valence electrons. The van der Waals surface area contributed by atoms with E-state index >= 15 is 0 Å². The van der Waals surface area contributed by atoms with Crippen molar-refractivity contribution in [1.82, 2.24) is 9.21 Å². The third kappa shape index (κ3) is 5.15. The molecular weight excluding hydrogens is 362 g/mol. The maximum Gasteiger partial charge on any atom is 0.241 e. The Hall–Kier alpha value is -2.22. The number of hydrogen-bond acceptors (Lipinski definition) is 4. The fourth-order valence-corrected chi connectivity index (χ4v) is 4.70. The highest BCUT2D eigenvalue weighted by atomic mass is 32.2. The number of carbonyl (C=O) groups is 1. The molecule has 2 aromatic rings. The molecule has 1 saturated heterocycles. The molecule has 27 heavy (non-hydrogen) atoms. The fraction of sp³-hybridized carbons (Fsp3) is 0.350. The lowest BCUT2D eigenvalue weighted by molar-refractivity contribution is -0.121. The van der Waals surface area contributed by atoms with Gasteiger partial charge in [0, 0.05) is 31.9 Å². The molecule has 6 nitrogen and oxygen atoms in total. The highest BCUT2D eigenvalue weighted by Gasteiger charge is 2.30. The van der Waals surface area contributed by atoms with Crippen LogP contribution in [-0.4, -0.2) is 55.8 Å². The quantitative estimate of drug-likeness (QED) is 0.825. The van der Waals surface area contributed by atoms with Gasteiger partial charge in [-0.1, -0.05) is 48.5 Å². The lowest BCUT2D eigenvalue weighted by Crippen LogP contribution is -2.54. The second kappa shape index (κ2) is 8.65. The van der Waals surface area contributed by atoms with Gasteiger partial charge in [0.2, 0.25) is 15.9 Å². The van der Waals surface area contributed by atoms with Gasteiger partial charge in [0.15, 0.2) is 0 Å². The molecule has 3 rings (SSSR count). The molecule has 0 bridgehead atoms. The van der Waals surface area contributed by atoms with Crippen LogP contribution in [0.4, 0.5) is 5.69 Å². The van der Waals surface area contributed by atoms with E-state index in [9.17, 15) is 13.2 Å². The van der Waals surface area contributed by atoms with E-state index in [1.807, 2.05) is 72.5 Å². The molecule has 1 atom stereocenters. The number of rotatable bonds is 6. The van der Waals surface area contributed by atoms with Crippen molar-refractivity contribution in [3.05, 3.63) is 66.2 Å². The van der Waals surface area contributed by atoms with Gasteiger partial charge in [-0.25, -0.2) is 8.42 Å². The minimum Gasteiger partial charge on any atom is -0.325 e. The maximum absolute atomic E-state index is 12.6. The summed E-state index contributed by atoms with van der Waals surface area (Å²) in [5, 5.41) is 2.90. The summed E-state index contributed by atoms with van der Waals surface area (Å²) in [5.41, 5.74) is 1.55. The Bertz CT molecular complexity index is 849. The van der Waals surface area contributed by atoms with Crippen LogP contribution in [0.25, 0.3) is 0 Å². The van der Waals surface area contributed by atoms with E-state index in [0.29, 0.717) is 26.2 Å². The zero-order valence-corrected chi connectivity index (χ0v) is 16.2. The largest absolute Gasteiger partial charge is 0.325 e. The minimum absolute atomic E-state index is 0.0118. The first-order valence-corrected chi connectivity index (χ1v) is 10.7. The first-order valence-electron chi connectivity index (χ1n) is 9.07. The first-order chi connectivity index (χ1) is 13.0. The van der Waals surface area contributed by atoms with E-state index in [1.54, 1.807) is 0 Å². The Morgan fingerprint density at radius 1 is 0.963 bits per heavy atom.